The second-order valence-corrected chi connectivity index (χ2v) is 10.00. The van der Waals surface area contributed by atoms with Crippen molar-refractivity contribution < 1.29 is 28.8 Å². The fraction of sp³-hybridized carbons (Fsp3) is 0.321. The van der Waals surface area contributed by atoms with Crippen molar-refractivity contribution in [2.45, 2.75) is 33.2 Å². The van der Waals surface area contributed by atoms with Crippen molar-refractivity contribution in [1.82, 2.24) is 4.57 Å². The summed E-state index contributed by atoms with van der Waals surface area (Å²) in [5.74, 6) is 0.340. The van der Waals surface area contributed by atoms with E-state index in [0.717, 1.165) is 6.42 Å². The SMILES string of the molecule is CCCOc1c(OC)cccc1[C@@H]1C(C(=O)OC)=C(C)N=c2s/c(=C/c3cc(Cl)c(O)c(OCC)c3)c(=O)n21. The van der Waals surface area contributed by atoms with Crippen LogP contribution in [0, 0.1) is 0 Å². The number of allylic oxidation sites excluding steroid dienone is 1. The number of carbonyl (C=O) groups is 1. The quantitative estimate of drug-likeness (QED) is 0.387. The highest BCUT2D eigenvalue weighted by molar-refractivity contribution is 7.07. The number of nitrogens with zero attached hydrogens (tertiary/aromatic N) is 2. The Morgan fingerprint density at radius 1 is 1.21 bits per heavy atom. The van der Waals surface area contributed by atoms with Crippen molar-refractivity contribution in [2.24, 2.45) is 4.99 Å². The minimum atomic E-state index is -0.875. The number of methoxy groups -OCH3 is 2. The molecule has 0 amide bonds. The minimum Gasteiger partial charge on any atom is -0.503 e. The molecule has 0 fully saturated rings. The van der Waals surface area contributed by atoms with Gasteiger partial charge in [-0.3, -0.25) is 9.36 Å². The Morgan fingerprint density at radius 3 is 2.64 bits per heavy atom. The monoisotopic (exact) mass is 572 g/mol. The molecular weight excluding hydrogens is 544 g/mol. The van der Waals surface area contributed by atoms with Gasteiger partial charge in [-0.1, -0.05) is 42.0 Å². The molecule has 4 rings (SSSR count). The standard InChI is InChI=1S/C28H29ClN2O7S/c1-6-11-38-25-17(9-8-10-19(25)35-4)23-22(27(34)36-5)15(3)30-28-31(23)26(33)21(39-28)14-16-12-18(29)24(32)20(13-16)37-7-2/h8-10,12-14,23,32H,6-7,11H2,1-5H3/b21-14+/t23-/m1/s1. The van der Waals surface area contributed by atoms with Gasteiger partial charge in [0.2, 0.25) is 0 Å². The number of phenolic OH excluding ortho intramolecular Hbond substituents is 1. The zero-order valence-electron chi connectivity index (χ0n) is 22.2. The fourth-order valence-electron chi connectivity index (χ4n) is 4.35. The van der Waals surface area contributed by atoms with Crippen LogP contribution in [0.25, 0.3) is 6.08 Å². The normalized spacial score (nSPS) is 15.0. The number of aromatic nitrogens is 1. The molecule has 1 aliphatic heterocycles. The van der Waals surface area contributed by atoms with Crippen LogP contribution >= 0.6 is 22.9 Å². The van der Waals surface area contributed by atoms with Gasteiger partial charge >= 0.3 is 5.97 Å². The number of halogens is 1. The highest BCUT2D eigenvalue weighted by atomic mass is 35.5. The highest BCUT2D eigenvalue weighted by Crippen LogP contribution is 2.41. The zero-order valence-corrected chi connectivity index (χ0v) is 23.8. The van der Waals surface area contributed by atoms with Gasteiger partial charge in [0, 0.05) is 5.56 Å². The summed E-state index contributed by atoms with van der Waals surface area (Å²) in [5, 5.41) is 10.3. The molecule has 0 radical (unpaired) electrons. The molecular formula is C28H29ClN2O7S. The fourth-order valence-corrected chi connectivity index (χ4v) is 5.61. The summed E-state index contributed by atoms with van der Waals surface area (Å²) in [6, 6.07) is 7.60. The number of hydrogen-bond donors (Lipinski definition) is 1. The molecule has 0 unspecified atom stereocenters. The van der Waals surface area contributed by atoms with Crippen LogP contribution in [0.3, 0.4) is 0 Å². The van der Waals surface area contributed by atoms with Gasteiger partial charge in [-0.25, -0.2) is 9.79 Å². The third-order valence-electron chi connectivity index (χ3n) is 6.05. The summed E-state index contributed by atoms with van der Waals surface area (Å²) < 4.78 is 24.0. The summed E-state index contributed by atoms with van der Waals surface area (Å²) in [5.41, 5.74) is 1.40. The molecule has 2 heterocycles. The lowest BCUT2D eigenvalue weighted by atomic mass is 9.94. The van der Waals surface area contributed by atoms with Gasteiger partial charge in [0.1, 0.15) is 6.04 Å². The van der Waals surface area contributed by atoms with Gasteiger partial charge < -0.3 is 24.1 Å². The maximum absolute atomic E-state index is 13.9. The Hall–Kier alpha value is -3.76. The first kappa shape index (κ1) is 28.3. The number of esters is 1. The topological polar surface area (TPSA) is 109 Å². The predicted octanol–water partition coefficient (Wildman–Crippen LogP) is 3.96. The van der Waals surface area contributed by atoms with E-state index < -0.39 is 12.0 Å². The van der Waals surface area contributed by atoms with Gasteiger partial charge in [0.25, 0.3) is 5.56 Å². The third kappa shape index (κ3) is 5.39. The number of phenols is 1. The van der Waals surface area contributed by atoms with Crippen molar-refractivity contribution in [1.29, 1.82) is 0 Å². The van der Waals surface area contributed by atoms with Gasteiger partial charge in [-0.2, -0.15) is 0 Å². The van der Waals surface area contributed by atoms with Crippen LogP contribution < -0.4 is 29.1 Å². The Balaban J connectivity index is 1.99. The average molecular weight is 573 g/mol. The molecule has 39 heavy (non-hydrogen) atoms. The number of aromatic hydroxyl groups is 1. The van der Waals surface area contributed by atoms with E-state index in [1.807, 2.05) is 6.92 Å². The van der Waals surface area contributed by atoms with Crippen LogP contribution in [-0.4, -0.2) is 43.1 Å². The second kappa shape index (κ2) is 12.0. The van der Waals surface area contributed by atoms with E-state index in [1.165, 1.54) is 30.1 Å². The Bertz CT molecular complexity index is 1620. The van der Waals surface area contributed by atoms with Crippen molar-refractivity contribution >= 4 is 35.0 Å². The number of fused-ring (bicyclic) bond motifs is 1. The molecule has 3 aromatic rings. The molecule has 206 valence electrons. The first-order chi connectivity index (χ1) is 18.7. The lowest BCUT2D eigenvalue weighted by Gasteiger charge is -2.26. The lowest BCUT2D eigenvalue weighted by molar-refractivity contribution is -0.136. The molecule has 11 heteroatoms. The van der Waals surface area contributed by atoms with Crippen LogP contribution in [0.5, 0.6) is 23.0 Å². The van der Waals surface area contributed by atoms with Gasteiger partial charge in [-0.15, -0.1) is 0 Å². The largest absolute Gasteiger partial charge is 0.503 e. The van der Waals surface area contributed by atoms with E-state index in [0.29, 0.717) is 50.9 Å². The molecule has 9 nitrogen and oxygen atoms in total. The first-order valence-electron chi connectivity index (χ1n) is 12.3. The van der Waals surface area contributed by atoms with E-state index in [1.54, 1.807) is 50.3 Å². The first-order valence-corrected chi connectivity index (χ1v) is 13.5. The highest BCUT2D eigenvalue weighted by Gasteiger charge is 2.35. The van der Waals surface area contributed by atoms with Crippen molar-refractivity contribution in [3.05, 3.63) is 77.4 Å². The van der Waals surface area contributed by atoms with E-state index >= 15 is 0 Å². The lowest BCUT2D eigenvalue weighted by Crippen LogP contribution is -2.40. The number of thiazole rings is 1. The van der Waals surface area contributed by atoms with E-state index in [-0.39, 0.29) is 27.7 Å². The van der Waals surface area contributed by atoms with Crippen molar-refractivity contribution in [3.63, 3.8) is 0 Å². The summed E-state index contributed by atoms with van der Waals surface area (Å²) in [6.45, 7) is 6.21. The van der Waals surface area contributed by atoms with E-state index in [9.17, 15) is 14.7 Å². The Morgan fingerprint density at radius 2 is 1.97 bits per heavy atom. The molecule has 0 bridgehead atoms. The number of rotatable bonds is 9. The van der Waals surface area contributed by atoms with Crippen molar-refractivity contribution in [3.8, 4) is 23.0 Å². The van der Waals surface area contributed by atoms with E-state index in [4.69, 9.17) is 30.5 Å². The Kier molecular flexibility index (Phi) is 8.66. The third-order valence-corrected chi connectivity index (χ3v) is 7.32. The molecule has 1 atom stereocenters. The molecule has 0 saturated carbocycles. The van der Waals surface area contributed by atoms with Crippen LogP contribution in [0.15, 0.2) is 51.4 Å². The zero-order chi connectivity index (χ0) is 28.3. The summed E-state index contributed by atoms with van der Waals surface area (Å²) >= 11 is 7.38. The van der Waals surface area contributed by atoms with Gasteiger partial charge in [-0.05, 0) is 50.1 Å². The number of benzene rings is 2. The molecule has 1 aliphatic rings. The maximum Gasteiger partial charge on any atom is 0.338 e. The summed E-state index contributed by atoms with van der Waals surface area (Å²) in [7, 11) is 2.82. The average Bonchev–Trinajstić information content (AvgIpc) is 3.22. The van der Waals surface area contributed by atoms with Crippen LogP contribution in [0.2, 0.25) is 5.02 Å². The number of para-hydroxylation sites is 1. The second-order valence-electron chi connectivity index (χ2n) is 8.58. The minimum absolute atomic E-state index is 0.0933. The molecule has 2 aromatic carbocycles. The van der Waals surface area contributed by atoms with Gasteiger partial charge in [0.15, 0.2) is 27.8 Å². The van der Waals surface area contributed by atoms with Gasteiger partial charge in [0.05, 0.1) is 48.3 Å². The van der Waals surface area contributed by atoms with Crippen LogP contribution in [-0.2, 0) is 9.53 Å². The smallest absolute Gasteiger partial charge is 0.338 e. The summed E-state index contributed by atoms with van der Waals surface area (Å²) in [4.78, 5) is 32.0. The number of ether oxygens (including phenoxy) is 4. The van der Waals surface area contributed by atoms with Crippen molar-refractivity contribution in [2.75, 3.05) is 27.4 Å². The summed E-state index contributed by atoms with van der Waals surface area (Å²) in [6.07, 6.45) is 2.39. The maximum atomic E-state index is 13.9. The molecule has 0 spiro atoms. The molecule has 1 N–H and O–H groups in total. The Labute approximate surface area is 234 Å². The van der Waals surface area contributed by atoms with Crippen LogP contribution in [0.1, 0.15) is 44.4 Å². The molecule has 0 saturated heterocycles. The number of carbonyl (C=O) groups excluding carboxylic acids is 1. The molecule has 1 aromatic heterocycles. The van der Waals surface area contributed by atoms with E-state index in [2.05, 4.69) is 4.99 Å². The predicted molar refractivity (Wildman–Crippen MR) is 149 cm³/mol. The number of hydrogen-bond acceptors (Lipinski definition) is 9. The van der Waals surface area contributed by atoms with Crippen LogP contribution in [0.4, 0.5) is 0 Å². The molecule has 0 aliphatic carbocycles.